The molecule has 0 aliphatic rings. The van der Waals surface area contributed by atoms with Gasteiger partial charge >= 0.3 is 0 Å². The van der Waals surface area contributed by atoms with Gasteiger partial charge in [0.2, 0.25) is 0 Å². The van der Waals surface area contributed by atoms with E-state index in [0.717, 1.165) is 10.0 Å². The molecule has 0 unspecified atom stereocenters. The summed E-state index contributed by atoms with van der Waals surface area (Å²) in [5.41, 5.74) is 3.28. The van der Waals surface area contributed by atoms with Gasteiger partial charge in [-0.05, 0) is 51.8 Å². The van der Waals surface area contributed by atoms with Crippen LogP contribution in [-0.2, 0) is 4.79 Å². The van der Waals surface area contributed by atoms with Crippen LogP contribution in [-0.4, -0.2) is 18.7 Å². The molecule has 2 aromatic carbocycles. The summed E-state index contributed by atoms with van der Waals surface area (Å²) in [4.78, 5) is 11.6. The summed E-state index contributed by atoms with van der Waals surface area (Å²) in [5, 5.41) is 4.45. The highest BCUT2D eigenvalue weighted by Crippen LogP contribution is 2.27. The zero-order valence-electron chi connectivity index (χ0n) is 11.2. The highest BCUT2D eigenvalue weighted by atomic mass is 79.9. The number of nitrogens with zero attached hydrogens (tertiary/aromatic N) is 1. The van der Waals surface area contributed by atoms with E-state index in [0.29, 0.717) is 15.2 Å². The summed E-state index contributed by atoms with van der Waals surface area (Å²) in [6.07, 6.45) is 1.56. The van der Waals surface area contributed by atoms with Crippen LogP contribution in [0.4, 0.5) is 0 Å². The smallest absolute Gasteiger partial charge is 0.277 e. The Labute approximate surface area is 149 Å². The molecule has 0 spiro atoms. The van der Waals surface area contributed by atoms with Crippen molar-refractivity contribution >= 4 is 55.6 Å². The van der Waals surface area contributed by atoms with Crippen LogP contribution in [0.5, 0.6) is 5.75 Å². The molecule has 2 aromatic rings. The fraction of sp³-hybridized carbons (Fsp3) is 0.0667. The van der Waals surface area contributed by atoms with Crippen molar-refractivity contribution in [2.24, 2.45) is 5.10 Å². The van der Waals surface area contributed by atoms with E-state index in [-0.39, 0.29) is 12.5 Å². The number of amides is 1. The summed E-state index contributed by atoms with van der Waals surface area (Å²) in [6.45, 7) is -0.141. The number of hydrogen-bond donors (Lipinski definition) is 1. The van der Waals surface area contributed by atoms with Crippen molar-refractivity contribution < 1.29 is 9.53 Å². The molecule has 1 amide bonds. The third-order valence-electron chi connectivity index (χ3n) is 2.53. The lowest BCUT2D eigenvalue weighted by Crippen LogP contribution is -2.24. The van der Waals surface area contributed by atoms with Crippen LogP contribution >= 0.6 is 43.5 Å². The molecule has 0 heterocycles. The van der Waals surface area contributed by atoms with E-state index in [1.807, 2.05) is 24.3 Å². The molecule has 1 N–H and O–H groups in total. The second-order valence-corrected chi connectivity index (χ2v) is 6.41. The average molecular weight is 447 g/mol. The third kappa shape index (κ3) is 5.44. The van der Waals surface area contributed by atoms with Crippen LogP contribution in [0.15, 0.2) is 56.5 Å². The lowest BCUT2D eigenvalue weighted by atomic mass is 10.2. The van der Waals surface area contributed by atoms with E-state index in [2.05, 4.69) is 42.4 Å². The van der Waals surface area contributed by atoms with Gasteiger partial charge in [0.25, 0.3) is 5.91 Å². The molecule has 0 aliphatic heterocycles. The topological polar surface area (TPSA) is 50.7 Å². The molecule has 2 rings (SSSR count). The van der Waals surface area contributed by atoms with Gasteiger partial charge in [0, 0.05) is 9.50 Å². The number of benzene rings is 2. The minimum Gasteiger partial charge on any atom is -0.483 e. The largest absolute Gasteiger partial charge is 0.483 e. The first-order valence-electron chi connectivity index (χ1n) is 6.20. The molecular weight excluding hydrogens is 435 g/mol. The second kappa shape index (κ2) is 8.31. The standard InChI is InChI=1S/C15H11Br2ClN2O2/c16-11-3-1-10(2-4-11)8-19-20-15(21)9-22-14-6-5-12(18)7-13(14)17/h1-8H,9H2,(H,20,21). The number of rotatable bonds is 5. The van der Waals surface area contributed by atoms with Crippen LogP contribution < -0.4 is 10.2 Å². The van der Waals surface area contributed by atoms with Crippen LogP contribution in [0.2, 0.25) is 5.02 Å². The fourth-order valence-corrected chi connectivity index (χ4v) is 2.56. The lowest BCUT2D eigenvalue weighted by Gasteiger charge is -2.07. The Hall–Kier alpha value is -1.37. The van der Waals surface area contributed by atoms with E-state index < -0.39 is 0 Å². The molecular formula is C15H11Br2ClN2O2. The highest BCUT2D eigenvalue weighted by Gasteiger charge is 2.05. The van der Waals surface area contributed by atoms with Gasteiger partial charge < -0.3 is 4.74 Å². The first-order chi connectivity index (χ1) is 10.5. The molecule has 114 valence electrons. The second-order valence-electron chi connectivity index (χ2n) is 4.21. The molecule has 7 heteroatoms. The summed E-state index contributed by atoms with van der Waals surface area (Å²) < 4.78 is 7.04. The molecule has 0 bridgehead atoms. The maximum absolute atomic E-state index is 11.6. The summed E-state index contributed by atoms with van der Waals surface area (Å²) in [7, 11) is 0. The van der Waals surface area contributed by atoms with Crippen molar-refractivity contribution in [1.82, 2.24) is 5.43 Å². The maximum atomic E-state index is 11.6. The molecule has 0 aliphatic carbocycles. The van der Waals surface area contributed by atoms with Crippen LogP contribution in [0.1, 0.15) is 5.56 Å². The van der Waals surface area contributed by atoms with Crippen molar-refractivity contribution in [3.8, 4) is 5.75 Å². The molecule has 4 nitrogen and oxygen atoms in total. The summed E-state index contributed by atoms with van der Waals surface area (Å²) in [6, 6.07) is 12.6. The van der Waals surface area contributed by atoms with Crippen molar-refractivity contribution in [3.05, 3.63) is 62.0 Å². The van der Waals surface area contributed by atoms with Crippen molar-refractivity contribution in [2.75, 3.05) is 6.61 Å². The number of nitrogens with one attached hydrogen (secondary N) is 1. The van der Waals surface area contributed by atoms with Gasteiger partial charge in [-0.1, -0.05) is 39.7 Å². The molecule has 0 radical (unpaired) electrons. The van der Waals surface area contributed by atoms with Crippen molar-refractivity contribution in [1.29, 1.82) is 0 Å². The maximum Gasteiger partial charge on any atom is 0.277 e. The van der Waals surface area contributed by atoms with Crippen molar-refractivity contribution in [2.45, 2.75) is 0 Å². The average Bonchev–Trinajstić information content (AvgIpc) is 2.48. The summed E-state index contributed by atoms with van der Waals surface area (Å²) >= 11 is 12.5. The van der Waals surface area contributed by atoms with E-state index >= 15 is 0 Å². The minimum absolute atomic E-state index is 0.141. The first-order valence-corrected chi connectivity index (χ1v) is 8.16. The SMILES string of the molecule is O=C(COc1ccc(Cl)cc1Br)NN=Cc1ccc(Br)cc1. The molecule has 0 saturated heterocycles. The number of hydrogen-bond acceptors (Lipinski definition) is 3. The van der Waals surface area contributed by atoms with Crippen LogP contribution in [0.3, 0.4) is 0 Å². The Bertz CT molecular complexity index is 690. The minimum atomic E-state index is -0.352. The monoisotopic (exact) mass is 444 g/mol. The number of hydrazone groups is 1. The van der Waals surface area contributed by atoms with Gasteiger partial charge in [0.1, 0.15) is 5.75 Å². The zero-order chi connectivity index (χ0) is 15.9. The van der Waals surface area contributed by atoms with Gasteiger partial charge in [-0.3, -0.25) is 4.79 Å². The highest BCUT2D eigenvalue weighted by molar-refractivity contribution is 9.10. The van der Waals surface area contributed by atoms with Gasteiger partial charge in [-0.25, -0.2) is 5.43 Å². The predicted molar refractivity (Wildman–Crippen MR) is 94.5 cm³/mol. The molecule has 22 heavy (non-hydrogen) atoms. The van der Waals surface area contributed by atoms with Crippen LogP contribution in [0.25, 0.3) is 0 Å². The van der Waals surface area contributed by atoms with E-state index in [9.17, 15) is 4.79 Å². The normalized spacial score (nSPS) is 10.7. The van der Waals surface area contributed by atoms with Crippen molar-refractivity contribution in [3.63, 3.8) is 0 Å². The number of halogens is 3. The first kappa shape index (κ1) is 17.0. The van der Waals surface area contributed by atoms with E-state index in [4.69, 9.17) is 16.3 Å². The van der Waals surface area contributed by atoms with Gasteiger partial charge in [-0.15, -0.1) is 0 Å². The Morgan fingerprint density at radius 3 is 2.64 bits per heavy atom. The Morgan fingerprint density at radius 2 is 1.95 bits per heavy atom. The lowest BCUT2D eigenvalue weighted by molar-refractivity contribution is -0.123. The van der Waals surface area contributed by atoms with E-state index in [1.165, 1.54) is 0 Å². The van der Waals surface area contributed by atoms with Gasteiger partial charge in [0.05, 0.1) is 10.7 Å². The quantitative estimate of drug-likeness (QED) is 0.547. The molecule has 0 fully saturated rings. The predicted octanol–water partition coefficient (Wildman–Crippen LogP) is 4.39. The Balaban J connectivity index is 1.81. The fourth-order valence-electron chi connectivity index (χ4n) is 1.50. The Kier molecular flexibility index (Phi) is 6.42. The zero-order valence-corrected chi connectivity index (χ0v) is 15.2. The number of carbonyl (C=O) groups is 1. The Morgan fingerprint density at radius 1 is 1.23 bits per heavy atom. The summed E-state index contributed by atoms with van der Waals surface area (Å²) in [5.74, 6) is 0.187. The molecule has 0 aromatic heterocycles. The van der Waals surface area contributed by atoms with Gasteiger partial charge in [-0.2, -0.15) is 5.10 Å². The van der Waals surface area contributed by atoms with Gasteiger partial charge in [0.15, 0.2) is 6.61 Å². The number of carbonyl (C=O) groups excluding carboxylic acids is 1. The molecule has 0 atom stereocenters. The molecule has 0 saturated carbocycles. The van der Waals surface area contributed by atoms with Crippen LogP contribution in [0, 0.1) is 0 Å². The number of ether oxygens (including phenoxy) is 1. The third-order valence-corrected chi connectivity index (χ3v) is 3.91. The van der Waals surface area contributed by atoms with E-state index in [1.54, 1.807) is 24.4 Å².